The number of nitrogens with zero attached hydrogens (tertiary/aromatic N) is 2. The largest absolute Gasteiger partial charge is 0.445 e. The molecule has 0 aromatic carbocycles. The van der Waals surface area contributed by atoms with Gasteiger partial charge in [0.05, 0.1) is 0 Å². The lowest BCUT2D eigenvalue weighted by molar-refractivity contribution is -0.138. The van der Waals surface area contributed by atoms with Crippen LogP contribution < -0.4 is 5.32 Å². The maximum atomic E-state index is 12.2. The summed E-state index contributed by atoms with van der Waals surface area (Å²) in [5.41, 5.74) is 0. The molecule has 1 fully saturated rings. The maximum absolute atomic E-state index is 12.2. The third-order valence-corrected chi connectivity index (χ3v) is 3.00. The van der Waals surface area contributed by atoms with E-state index in [-0.39, 0.29) is 5.13 Å². The SMILES string of the molecule is O=C(Nc1nnc(C(F)(F)F)s1)C1CCCO1. The Morgan fingerprint density at radius 3 is 2.76 bits per heavy atom. The Morgan fingerprint density at radius 2 is 2.24 bits per heavy atom. The van der Waals surface area contributed by atoms with E-state index in [2.05, 4.69) is 15.5 Å². The molecule has 17 heavy (non-hydrogen) atoms. The summed E-state index contributed by atoms with van der Waals surface area (Å²) in [4.78, 5) is 11.5. The summed E-state index contributed by atoms with van der Waals surface area (Å²) in [6.07, 6.45) is -3.81. The van der Waals surface area contributed by atoms with Gasteiger partial charge in [0.1, 0.15) is 6.10 Å². The van der Waals surface area contributed by atoms with Gasteiger partial charge in [-0.1, -0.05) is 11.3 Å². The lowest BCUT2D eigenvalue weighted by Crippen LogP contribution is -2.26. The van der Waals surface area contributed by atoms with Crippen LogP contribution in [0.4, 0.5) is 18.3 Å². The van der Waals surface area contributed by atoms with Crippen molar-refractivity contribution < 1.29 is 22.7 Å². The van der Waals surface area contributed by atoms with Crippen LogP contribution in [0, 0.1) is 0 Å². The van der Waals surface area contributed by atoms with Gasteiger partial charge >= 0.3 is 6.18 Å². The van der Waals surface area contributed by atoms with E-state index < -0.39 is 23.2 Å². The van der Waals surface area contributed by atoms with Crippen molar-refractivity contribution in [1.29, 1.82) is 0 Å². The molecule has 1 saturated heterocycles. The molecule has 0 saturated carbocycles. The summed E-state index contributed by atoms with van der Waals surface area (Å²) in [7, 11) is 0. The minimum Gasteiger partial charge on any atom is -0.368 e. The first-order chi connectivity index (χ1) is 7.97. The third-order valence-electron chi connectivity index (χ3n) is 2.12. The second-order valence-electron chi connectivity index (χ2n) is 3.40. The third kappa shape index (κ3) is 2.91. The molecule has 2 rings (SSSR count). The first-order valence-corrected chi connectivity index (χ1v) is 5.61. The molecule has 0 aliphatic carbocycles. The highest BCUT2D eigenvalue weighted by atomic mass is 32.1. The minimum absolute atomic E-state index is 0.169. The average molecular weight is 267 g/mol. The van der Waals surface area contributed by atoms with E-state index in [1.54, 1.807) is 0 Å². The Hall–Kier alpha value is -1.22. The lowest BCUT2D eigenvalue weighted by Gasteiger charge is -2.07. The molecular formula is C8H8F3N3O2S. The zero-order valence-corrected chi connectivity index (χ0v) is 9.27. The first-order valence-electron chi connectivity index (χ1n) is 4.80. The monoisotopic (exact) mass is 267 g/mol. The summed E-state index contributed by atoms with van der Waals surface area (Å²) >= 11 is 0.292. The number of ether oxygens (including phenoxy) is 1. The molecule has 1 unspecified atom stereocenters. The predicted octanol–water partition coefficient (Wildman–Crippen LogP) is 1.67. The summed E-state index contributed by atoms with van der Waals surface area (Å²) in [6.45, 7) is 0.488. The van der Waals surface area contributed by atoms with Crippen LogP contribution in [0.1, 0.15) is 17.8 Å². The van der Waals surface area contributed by atoms with Crippen molar-refractivity contribution in [3.05, 3.63) is 5.01 Å². The summed E-state index contributed by atoms with van der Waals surface area (Å²) in [6, 6.07) is 0. The van der Waals surface area contributed by atoms with Gasteiger partial charge in [-0.15, -0.1) is 10.2 Å². The van der Waals surface area contributed by atoms with Gasteiger partial charge in [-0.25, -0.2) is 0 Å². The Morgan fingerprint density at radius 1 is 1.47 bits per heavy atom. The van der Waals surface area contributed by atoms with Crippen LogP contribution in [0.3, 0.4) is 0 Å². The normalized spacial score (nSPS) is 20.5. The number of carbonyl (C=O) groups excluding carboxylic acids is 1. The number of nitrogens with one attached hydrogen (secondary N) is 1. The van der Waals surface area contributed by atoms with E-state index in [0.29, 0.717) is 24.4 Å². The number of amides is 1. The molecule has 1 amide bonds. The highest BCUT2D eigenvalue weighted by molar-refractivity contribution is 7.15. The molecule has 2 heterocycles. The van der Waals surface area contributed by atoms with Gasteiger partial charge in [0.25, 0.3) is 5.91 Å². The zero-order chi connectivity index (χ0) is 12.5. The van der Waals surface area contributed by atoms with Gasteiger partial charge in [-0.3, -0.25) is 10.1 Å². The van der Waals surface area contributed by atoms with Crippen molar-refractivity contribution in [2.24, 2.45) is 0 Å². The standard InChI is InChI=1S/C8H8F3N3O2S/c9-8(10,11)6-13-14-7(17-6)12-5(15)4-2-1-3-16-4/h4H,1-3H2,(H,12,14,15). The Bertz CT molecular complexity index is 414. The number of alkyl halides is 3. The molecule has 1 aliphatic heterocycles. The quantitative estimate of drug-likeness (QED) is 0.885. The van der Waals surface area contributed by atoms with Gasteiger partial charge in [-0.05, 0) is 12.8 Å². The Kier molecular flexibility index (Phi) is 3.29. The fourth-order valence-electron chi connectivity index (χ4n) is 1.36. The topological polar surface area (TPSA) is 64.1 Å². The fourth-order valence-corrected chi connectivity index (χ4v) is 1.97. The summed E-state index contributed by atoms with van der Waals surface area (Å²) < 4.78 is 41.7. The van der Waals surface area contributed by atoms with E-state index in [0.717, 1.165) is 6.42 Å². The predicted molar refractivity (Wildman–Crippen MR) is 52.5 cm³/mol. The van der Waals surface area contributed by atoms with Crippen molar-refractivity contribution in [1.82, 2.24) is 10.2 Å². The summed E-state index contributed by atoms with van der Waals surface area (Å²) in [5.74, 6) is -0.479. The van der Waals surface area contributed by atoms with Gasteiger partial charge in [0.15, 0.2) is 0 Å². The van der Waals surface area contributed by atoms with Crippen LogP contribution in [0.15, 0.2) is 0 Å². The molecule has 0 spiro atoms. The van der Waals surface area contributed by atoms with Crippen LogP contribution in [0.2, 0.25) is 0 Å². The molecule has 1 atom stereocenters. The van der Waals surface area contributed by atoms with Crippen molar-refractivity contribution in [3.63, 3.8) is 0 Å². The van der Waals surface area contributed by atoms with Crippen LogP contribution in [-0.2, 0) is 15.7 Å². The fraction of sp³-hybridized carbons (Fsp3) is 0.625. The molecule has 1 aromatic rings. The van der Waals surface area contributed by atoms with Crippen LogP contribution in [-0.4, -0.2) is 28.8 Å². The number of halogens is 3. The molecule has 94 valence electrons. The smallest absolute Gasteiger partial charge is 0.368 e. The Balaban J connectivity index is 1.99. The first kappa shape index (κ1) is 12.2. The van der Waals surface area contributed by atoms with E-state index in [4.69, 9.17) is 4.74 Å². The average Bonchev–Trinajstić information content (AvgIpc) is 2.85. The van der Waals surface area contributed by atoms with Crippen LogP contribution in [0.5, 0.6) is 0 Å². The van der Waals surface area contributed by atoms with Crippen molar-refractivity contribution >= 4 is 22.4 Å². The number of hydrogen-bond acceptors (Lipinski definition) is 5. The molecule has 1 aromatic heterocycles. The Labute approximate surface area is 98.0 Å². The number of anilines is 1. The van der Waals surface area contributed by atoms with Crippen LogP contribution >= 0.6 is 11.3 Å². The zero-order valence-electron chi connectivity index (χ0n) is 8.45. The number of rotatable bonds is 2. The van der Waals surface area contributed by atoms with Crippen molar-refractivity contribution in [2.45, 2.75) is 25.1 Å². The van der Waals surface area contributed by atoms with Gasteiger partial charge < -0.3 is 4.74 Å². The van der Waals surface area contributed by atoms with Gasteiger partial charge in [0.2, 0.25) is 10.1 Å². The van der Waals surface area contributed by atoms with E-state index >= 15 is 0 Å². The molecule has 0 radical (unpaired) electrons. The maximum Gasteiger partial charge on any atom is 0.445 e. The highest BCUT2D eigenvalue weighted by Crippen LogP contribution is 2.33. The second-order valence-corrected chi connectivity index (χ2v) is 4.38. The van der Waals surface area contributed by atoms with Crippen LogP contribution in [0.25, 0.3) is 0 Å². The highest BCUT2D eigenvalue weighted by Gasteiger charge is 2.36. The van der Waals surface area contributed by atoms with E-state index in [9.17, 15) is 18.0 Å². The molecular weight excluding hydrogens is 259 g/mol. The number of aromatic nitrogens is 2. The van der Waals surface area contributed by atoms with E-state index in [1.807, 2.05) is 0 Å². The van der Waals surface area contributed by atoms with Crippen molar-refractivity contribution in [2.75, 3.05) is 11.9 Å². The number of carbonyl (C=O) groups is 1. The van der Waals surface area contributed by atoms with Gasteiger partial charge in [0, 0.05) is 6.61 Å². The minimum atomic E-state index is -4.54. The molecule has 9 heteroatoms. The number of hydrogen-bond donors (Lipinski definition) is 1. The molecule has 1 N–H and O–H groups in total. The molecule has 1 aliphatic rings. The van der Waals surface area contributed by atoms with Gasteiger partial charge in [-0.2, -0.15) is 13.2 Å². The van der Waals surface area contributed by atoms with E-state index in [1.165, 1.54) is 0 Å². The second kappa shape index (κ2) is 4.57. The van der Waals surface area contributed by atoms with Crippen molar-refractivity contribution in [3.8, 4) is 0 Å². The lowest BCUT2D eigenvalue weighted by atomic mass is 10.2. The molecule has 5 nitrogen and oxygen atoms in total. The summed E-state index contributed by atoms with van der Waals surface area (Å²) in [5, 5.41) is 7.22. The molecule has 0 bridgehead atoms.